The van der Waals surface area contributed by atoms with Crippen LogP contribution in [0.3, 0.4) is 0 Å². The van der Waals surface area contributed by atoms with Gasteiger partial charge in [0.05, 0.1) is 5.56 Å². The fraction of sp³-hybridized carbons (Fsp3) is 0.190. The Balaban J connectivity index is 1.72. The van der Waals surface area contributed by atoms with E-state index in [4.69, 9.17) is 11.6 Å². The molecule has 0 bridgehead atoms. The van der Waals surface area contributed by atoms with Crippen molar-refractivity contribution in [3.63, 3.8) is 0 Å². The lowest BCUT2D eigenvalue weighted by molar-refractivity contribution is -0.116. The highest BCUT2D eigenvalue weighted by atomic mass is 35.5. The van der Waals surface area contributed by atoms with Crippen molar-refractivity contribution in [2.45, 2.75) is 23.2 Å². The molecule has 0 saturated carbocycles. The average molecular weight is 430 g/mol. The van der Waals surface area contributed by atoms with Crippen LogP contribution in [0.5, 0.6) is 0 Å². The van der Waals surface area contributed by atoms with Crippen molar-refractivity contribution in [1.29, 1.82) is 0 Å². The molecule has 1 aliphatic heterocycles. The van der Waals surface area contributed by atoms with Gasteiger partial charge in [0.1, 0.15) is 11.6 Å². The minimum atomic E-state index is -0.396. The van der Waals surface area contributed by atoms with Gasteiger partial charge in [-0.05, 0) is 29.3 Å². The number of hydrogen-bond acceptors (Lipinski definition) is 4. The van der Waals surface area contributed by atoms with Gasteiger partial charge in [-0.3, -0.25) is 9.59 Å². The van der Waals surface area contributed by atoms with E-state index in [9.17, 15) is 14.0 Å². The predicted octanol–water partition coefficient (Wildman–Crippen LogP) is 4.34. The number of anilines is 1. The first kappa shape index (κ1) is 19.7. The first-order chi connectivity index (χ1) is 13.9. The van der Waals surface area contributed by atoms with E-state index in [1.165, 1.54) is 17.8 Å². The fourth-order valence-electron chi connectivity index (χ4n) is 3.40. The molecule has 1 amide bonds. The van der Waals surface area contributed by atoms with Crippen LogP contribution in [0, 0.1) is 5.82 Å². The van der Waals surface area contributed by atoms with Crippen LogP contribution < -0.4 is 10.9 Å². The second-order valence-electron chi connectivity index (χ2n) is 6.76. The van der Waals surface area contributed by atoms with Crippen molar-refractivity contribution >= 4 is 35.1 Å². The summed E-state index contributed by atoms with van der Waals surface area (Å²) in [5.74, 6) is -0.131. The Hall–Kier alpha value is -2.64. The number of rotatable bonds is 4. The number of nitrogens with zero attached hydrogens (tertiary/aromatic N) is 2. The molecule has 1 aliphatic rings. The van der Waals surface area contributed by atoms with E-state index in [0.717, 1.165) is 5.56 Å². The Morgan fingerprint density at radius 2 is 1.93 bits per heavy atom. The van der Waals surface area contributed by atoms with Gasteiger partial charge in [0.25, 0.3) is 5.56 Å². The molecule has 3 aromatic rings. The van der Waals surface area contributed by atoms with Gasteiger partial charge in [-0.15, -0.1) is 0 Å². The molecule has 4 rings (SSSR count). The number of aromatic nitrogens is 2. The van der Waals surface area contributed by atoms with Crippen LogP contribution in [0.25, 0.3) is 0 Å². The third-order valence-electron chi connectivity index (χ3n) is 4.89. The van der Waals surface area contributed by atoms with Crippen LogP contribution in [0.1, 0.15) is 29.0 Å². The number of benzene rings is 2. The van der Waals surface area contributed by atoms with E-state index in [1.54, 1.807) is 41.9 Å². The zero-order valence-electron chi connectivity index (χ0n) is 15.5. The van der Waals surface area contributed by atoms with E-state index >= 15 is 0 Å². The lowest BCUT2D eigenvalue weighted by Crippen LogP contribution is -2.33. The topological polar surface area (TPSA) is 64.0 Å². The van der Waals surface area contributed by atoms with Gasteiger partial charge in [0.2, 0.25) is 5.91 Å². The van der Waals surface area contributed by atoms with Crippen LogP contribution in [0.15, 0.2) is 58.5 Å². The Morgan fingerprint density at radius 1 is 1.21 bits per heavy atom. The summed E-state index contributed by atoms with van der Waals surface area (Å²) < 4.78 is 15.6. The SMILES string of the molecule is Cn1c(SCc2ccccc2F)nc(=O)c2c1NC(=O)CC2c1ccc(Cl)cc1. The van der Waals surface area contributed by atoms with E-state index in [2.05, 4.69) is 10.3 Å². The largest absolute Gasteiger partial charge is 0.312 e. The summed E-state index contributed by atoms with van der Waals surface area (Å²) in [5.41, 5.74) is 1.41. The van der Waals surface area contributed by atoms with Gasteiger partial charge >= 0.3 is 0 Å². The Labute approximate surface area is 175 Å². The molecule has 1 aromatic heterocycles. The molecule has 1 N–H and O–H groups in total. The van der Waals surface area contributed by atoms with E-state index in [-0.39, 0.29) is 18.1 Å². The van der Waals surface area contributed by atoms with Crippen molar-refractivity contribution in [1.82, 2.24) is 9.55 Å². The maximum absolute atomic E-state index is 13.9. The van der Waals surface area contributed by atoms with E-state index < -0.39 is 11.5 Å². The molecule has 5 nitrogen and oxygen atoms in total. The average Bonchev–Trinajstić information content (AvgIpc) is 2.70. The highest BCUT2D eigenvalue weighted by Gasteiger charge is 2.32. The predicted molar refractivity (Wildman–Crippen MR) is 112 cm³/mol. The molecule has 0 radical (unpaired) electrons. The first-order valence-electron chi connectivity index (χ1n) is 8.96. The number of thioether (sulfide) groups is 1. The van der Waals surface area contributed by atoms with Gasteiger partial charge in [-0.25, -0.2) is 4.39 Å². The number of hydrogen-bond donors (Lipinski definition) is 1. The van der Waals surface area contributed by atoms with Crippen molar-refractivity contribution in [2.75, 3.05) is 5.32 Å². The summed E-state index contributed by atoms with van der Waals surface area (Å²) in [5, 5.41) is 3.80. The number of carbonyl (C=O) groups is 1. The van der Waals surface area contributed by atoms with Crippen LogP contribution in [0.4, 0.5) is 10.2 Å². The molecule has 1 unspecified atom stereocenters. The second kappa shape index (κ2) is 8.00. The fourth-order valence-corrected chi connectivity index (χ4v) is 4.48. The van der Waals surface area contributed by atoms with Crippen LogP contribution in [0.2, 0.25) is 5.02 Å². The van der Waals surface area contributed by atoms with Crippen LogP contribution >= 0.6 is 23.4 Å². The quantitative estimate of drug-likeness (QED) is 0.495. The molecule has 0 saturated heterocycles. The van der Waals surface area contributed by atoms with Crippen molar-refractivity contribution < 1.29 is 9.18 Å². The van der Waals surface area contributed by atoms with Gasteiger partial charge in [-0.1, -0.05) is 53.7 Å². The third kappa shape index (κ3) is 3.93. The number of carbonyl (C=O) groups excluding carboxylic acids is 1. The van der Waals surface area contributed by atoms with Gasteiger partial charge in [0, 0.05) is 30.2 Å². The number of nitrogens with one attached hydrogen (secondary N) is 1. The number of amides is 1. The molecule has 2 heterocycles. The molecular weight excluding hydrogens is 413 g/mol. The molecule has 0 spiro atoms. The summed E-state index contributed by atoms with van der Waals surface area (Å²) >= 11 is 7.21. The molecule has 1 atom stereocenters. The number of halogens is 2. The summed E-state index contributed by atoms with van der Waals surface area (Å²) in [6.07, 6.45) is 0.160. The van der Waals surface area contributed by atoms with Crippen LogP contribution in [-0.2, 0) is 17.6 Å². The smallest absolute Gasteiger partial charge is 0.279 e. The van der Waals surface area contributed by atoms with Crippen molar-refractivity contribution in [3.05, 3.63) is 86.4 Å². The number of fused-ring (bicyclic) bond motifs is 1. The third-order valence-corrected chi connectivity index (χ3v) is 6.22. The van der Waals surface area contributed by atoms with Crippen LogP contribution in [-0.4, -0.2) is 15.5 Å². The highest BCUT2D eigenvalue weighted by Crippen LogP contribution is 2.36. The summed E-state index contributed by atoms with van der Waals surface area (Å²) in [7, 11) is 1.74. The first-order valence-corrected chi connectivity index (χ1v) is 10.3. The second-order valence-corrected chi connectivity index (χ2v) is 8.14. The highest BCUT2D eigenvalue weighted by molar-refractivity contribution is 7.98. The lowest BCUT2D eigenvalue weighted by Gasteiger charge is -2.27. The van der Waals surface area contributed by atoms with Crippen molar-refractivity contribution in [3.8, 4) is 0 Å². The van der Waals surface area contributed by atoms with E-state index in [1.807, 2.05) is 12.1 Å². The van der Waals surface area contributed by atoms with Gasteiger partial charge < -0.3 is 9.88 Å². The minimum absolute atomic E-state index is 0.160. The Kier molecular flexibility index (Phi) is 5.43. The summed E-state index contributed by atoms with van der Waals surface area (Å²) in [4.78, 5) is 29.4. The maximum atomic E-state index is 13.9. The molecular formula is C21H17ClFN3O2S. The molecule has 0 aliphatic carbocycles. The lowest BCUT2D eigenvalue weighted by atomic mass is 9.87. The normalized spacial score (nSPS) is 15.7. The maximum Gasteiger partial charge on any atom is 0.279 e. The molecule has 0 fully saturated rings. The van der Waals surface area contributed by atoms with Gasteiger partial charge in [-0.2, -0.15) is 4.98 Å². The van der Waals surface area contributed by atoms with E-state index in [0.29, 0.717) is 32.9 Å². The zero-order valence-corrected chi connectivity index (χ0v) is 17.1. The molecule has 8 heteroatoms. The molecule has 148 valence electrons. The van der Waals surface area contributed by atoms with Crippen molar-refractivity contribution in [2.24, 2.45) is 7.05 Å². The summed E-state index contributed by atoms with van der Waals surface area (Å²) in [6.45, 7) is 0. The minimum Gasteiger partial charge on any atom is -0.312 e. The monoisotopic (exact) mass is 429 g/mol. The molecule has 2 aromatic carbocycles. The Bertz CT molecular complexity index is 1150. The Morgan fingerprint density at radius 3 is 2.66 bits per heavy atom. The zero-order chi connectivity index (χ0) is 20.5. The van der Waals surface area contributed by atoms with Gasteiger partial charge in [0.15, 0.2) is 5.16 Å². The molecule has 29 heavy (non-hydrogen) atoms. The summed E-state index contributed by atoms with van der Waals surface area (Å²) in [6, 6.07) is 13.6. The standard InChI is InChI=1S/C21H17ClFN3O2S/c1-26-19-18(15(10-17(27)24-19)12-6-8-14(22)9-7-12)20(28)25-21(26)29-11-13-4-2-3-5-16(13)23/h2-9,15H,10-11H2,1H3,(H,24,27).